The fourth-order valence-corrected chi connectivity index (χ4v) is 6.84. The van der Waals surface area contributed by atoms with Crippen molar-refractivity contribution in [1.82, 2.24) is 15.3 Å². The average Bonchev–Trinajstić information content (AvgIpc) is 3.70. The van der Waals surface area contributed by atoms with Crippen molar-refractivity contribution in [3.05, 3.63) is 96.1 Å². The van der Waals surface area contributed by atoms with Crippen molar-refractivity contribution in [2.75, 3.05) is 17.9 Å². The molecule has 0 saturated heterocycles. The van der Waals surface area contributed by atoms with Crippen molar-refractivity contribution in [1.29, 1.82) is 0 Å². The summed E-state index contributed by atoms with van der Waals surface area (Å²) in [6, 6.07) is 19.6. The Balaban J connectivity index is 1.39. The van der Waals surface area contributed by atoms with Crippen LogP contribution in [-0.2, 0) is 15.6 Å². The van der Waals surface area contributed by atoms with Gasteiger partial charge in [0.2, 0.25) is 5.89 Å². The number of rotatable bonds is 11. The fourth-order valence-electron chi connectivity index (χ4n) is 5.58. The van der Waals surface area contributed by atoms with Crippen LogP contribution < -0.4 is 10.0 Å². The van der Waals surface area contributed by atoms with Crippen LogP contribution in [-0.4, -0.2) is 36.6 Å². The number of nitrogens with zero attached hydrogens (tertiary/aromatic N) is 2. The maximum absolute atomic E-state index is 13.6. The van der Waals surface area contributed by atoms with Gasteiger partial charge in [0.25, 0.3) is 10.0 Å². The molecule has 8 nitrogen and oxygen atoms in total. The summed E-state index contributed by atoms with van der Waals surface area (Å²) < 4.78 is 35.6. The van der Waals surface area contributed by atoms with Gasteiger partial charge < -0.3 is 14.8 Å². The maximum Gasteiger partial charge on any atom is 0.262 e. The first-order valence-electron chi connectivity index (χ1n) is 13.8. The second kappa shape index (κ2) is 11.9. The zero-order valence-corrected chi connectivity index (χ0v) is 23.7. The first-order valence-corrected chi connectivity index (χ1v) is 15.3. The molecule has 4 aromatic rings. The molecule has 1 saturated carbocycles. The monoisotopic (exact) mass is 560 g/mol. The van der Waals surface area contributed by atoms with E-state index >= 15 is 0 Å². The van der Waals surface area contributed by atoms with E-state index in [1.54, 1.807) is 48.9 Å². The molecule has 1 aliphatic carbocycles. The number of benzene rings is 2. The van der Waals surface area contributed by atoms with Gasteiger partial charge in [-0.15, -0.1) is 0 Å². The van der Waals surface area contributed by atoms with Crippen molar-refractivity contribution >= 4 is 15.7 Å². The molecule has 2 atom stereocenters. The van der Waals surface area contributed by atoms with Crippen LogP contribution in [0.4, 0.5) is 5.69 Å². The highest BCUT2D eigenvalue weighted by atomic mass is 32.2. The molecule has 5 rings (SSSR count). The van der Waals surface area contributed by atoms with Crippen LogP contribution in [0.15, 0.2) is 88.5 Å². The quantitative estimate of drug-likeness (QED) is 0.216. The molecule has 1 fully saturated rings. The predicted molar refractivity (Wildman–Crippen MR) is 155 cm³/mol. The Morgan fingerprint density at radius 1 is 1.05 bits per heavy atom. The van der Waals surface area contributed by atoms with Crippen LogP contribution in [0.2, 0.25) is 0 Å². The van der Waals surface area contributed by atoms with E-state index in [9.17, 15) is 13.5 Å². The number of aliphatic hydroxyl groups is 1. The zero-order chi connectivity index (χ0) is 28.2. The van der Waals surface area contributed by atoms with Crippen molar-refractivity contribution in [3.63, 3.8) is 0 Å². The molecule has 2 unspecified atom stereocenters. The third kappa shape index (κ3) is 5.82. The lowest BCUT2D eigenvalue weighted by Crippen LogP contribution is -2.42. The smallest absolute Gasteiger partial charge is 0.262 e. The van der Waals surface area contributed by atoms with Crippen LogP contribution in [0, 0.1) is 5.92 Å². The van der Waals surface area contributed by atoms with Crippen LogP contribution in [0.5, 0.6) is 0 Å². The third-order valence-corrected chi connectivity index (χ3v) is 9.42. The number of anilines is 1. The minimum atomic E-state index is -3.94. The standard InChI is InChI=1S/C31H36N4O4S/c1-22(23-9-3-4-10-23)27-21-39-30(34-27)26-11-5-6-12-28(26)40(37,38)35-25-16-14-24(15-17-25)31(2,33-19-20-36)29-13-7-8-18-32-29/h5-8,11-18,21-23,33,35-36H,3-4,9-10,19-20H2,1-2H3. The van der Waals surface area contributed by atoms with E-state index in [4.69, 9.17) is 9.40 Å². The molecule has 1 aliphatic rings. The molecular formula is C31H36N4O4S. The molecule has 3 N–H and O–H groups in total. The number of hydrogen-bond donors (Lipinski definition) is 3. The van der Waals surface area contributed by atoms with Crippen molar-refractivity contribution in [2.45, 2.75) is 55.9 Å². The summed E-state index contributed by atoms with van der Waals surface area (Å²) in [6.45, 7) is 4.51. The summed E-state index contributed by atoms with van der Waals surface area (Å²) in [7, 11) is -3.94. The lowest BCUT2D eigenvalue weighted by atomic mass is 9.88. The van der Waals surface area contributed by atoms with Gasteiger partial charge in [-0.3, -0.25) is 9.71 Å². The minimum Gasteiger partial charge on any atom is -0.444 e. The molecule has 40 heavy (non-hydrogen) atoms. The Hall–Kier alpha value is -3.53. The summed E-state index contributed by atoms with van der Waals surface area (Å²) in [5.74, 6) is 1.15. The van der Waals surface area contributed by atoms with Gasteiger partial charge in [-0.05, 0) is 67.6 Å². The molecule has 0 spiro atoms. The Morgan fingerprint density at radius 2 is 1.77 bits per heavy atom. The number of aromatic nitrogens is 2. The van der Waals surface area contributed by atoms with Gasteiger partial charge in [0.15, 0.2) is 0 Å². The van der Waals surface area contributed by atoms with E-state index < -0.39 is 15.6 Å². The Kier molecular flexibility index (Phi) is 8.35. The Bertz CT molecular complexity index is 1520. The maximum atomic E-state index is 13.6. The summed E-state index contributed by atoms with van der Waals surface area (Å²) in [6.07, 6.45) is 8.26. The minimum absolute atomic E-state index is 0.0226. The second-order valence-corrected chi connectivity index (χ2v) is 12.2. The average molecular weight is 561 g/mol. The SMILES string of the molecule is CC(c1coc(-c2ccccc2S(=O)(=O)Nc2ccc(C(C)(NCCO)c3ccccn3)cc2)n1)C1CCCC1. The molecule has 0 radical (unpaired) electrons. The number of sulfonamides is 1. The highest BCUT2D eigenvalue weighted by molar-refractivity contribution is 7.92. The zero-order valence-electron chi connectivity index (χ0n) is 22.9. The van der Waals surface area contributed by atoms with Crippen LogP contribution in [0.3, 0.4) is 0 Å². The molecule has 9 heteroatoms. The molecule has 2 aromatic carbocycles. The lowest BCUT2D eigenvalue weighted by Gasteiger charge is -2.31. The topological polar surface area (TPSA) is 117 Å². The summed E-state index contributed by atoms with van der Waals surface area (Å²) >= 11 is 0. The number of aliphatic hydroxyl groups excluding tert-OH is 1. The normalized spacial score (nSPS) is 16.5. The first-order chi connectivity index (χ1) is 19.3. The molecule has 0 bridgehead atoms. The van der Waals surface area contributed by atoms with E-state index in [2.05, 4.69) is 21.9 Å². The Morgan fingerprint density at radius 3 is 2.48 bits per heavy atom. The van der Waals surface area contributed by atoms with E-state index in [0.717, 1.165) is 17.0 Å². The van der Waals surface area contributed by atoms with Gasteiger partial charge in [0, 0.05) is 24.3 Å². The number of pyridine rings is 1. The van der Waals surface area contributed by atoms with Gasteiger partial charge in [-0.2, -0.15) is 0 Å². The predicted octanol–water partition coefficient (Wildman–Crippen LogP) is 5.68. The van der Waals surface area contributed by atoms with Gasteiger partial charge in [-0.1, -0.05) is 50.1 Å². The first kappa shape index (κ1) is 28.0. The molecule has 0 amide bonds. The highest BCUT2D eigenvalue weighted by Gasteiger charge is 2.30. The van der Waals surface area contributed by atoms with E-state index in [-0.39, 0.29) is 17.4 Å². The third-order valence-electron chi connectivity index (χ3n) is 7.98. The van der Waals surface area contributed by atoms with Crippen LogP contribution in [0.25, 0.3) is 11.5 Å². The molecular weight excluding hydrogens is 524 g/mol. The second-order valence-electron chi connectivity index (χ2n) is 10.6. The largest absolute Gasteiger partial charge is 0.444 e. The molecule has 210 valence electrons. The van der Waals surface area contributed by atoms with Crippen LogP contribution in [0.1, 0.15) is 62.4 Å². The molecule has 2 aromatic heterocycles. The van der Waals surface area contributed by atoms with Gasteiger partial charge >= 0.3 is 0 Å². The molecule has 0 aliphatic heterocycles. The fraction of sp³-hybridized carbons (Fsp3) is 0.355. The number of hydrogen-bond acceptors (Lipinski definition) is 7. The van der Waals surface area contributed by atoms with Crippen molar-refractivity contribution in [2.24, 2.45) is 5.92 Å². The Labute approximate surface area is 235 Å². The summed E-state index contributed by atoms with van der Waals surface area (Å²) in [4.78, 5) is 9.31. The highest BCUT2D eigenvalue weighted by Crippen LogP contribution is 2.38. The molecule has 2 heterocycles. The van der Waals surface area contributed by atoms with Gasteiger partial charge in [-0.25, -0.2) is 13.4 Å². The van der Waals surface area contributed by atoms with Crippen molar-refractivity contribution in [3.8, 4) is 11.5 Å². The summed E-state index contributed by atoms with van der Waals surface area (Å²) in [5.41, 5.74) is 2.71. The van der Waals surface area contributed by atoms with Crippen LogP contribution >= 0.6 is 0 Å². The summed E-state index contributed by atoms with van der Waals surface area (Å²) in [5, 5.41) is 12.8. The van der Waals surface area contributed by atoms with E-state index in [1.807, 2.05) is 37.3 Å². The number of nitrogens with one attached hydrogen (secondary N) is 2. The van der Waals surface area contributed by atoms with Crippen molar-refractivity contribution < 1.29 is 17.9 Å². The lowest BCUT2D eigenvalue weighted by molar-refractivity contribution is 0.271. The van der Waals surface area contributed by atoms with E-state index in [1.165, 1.54) is 25.7 Å². The number of oxazole rings is 1. The van der Waals surface area contributed by atoms with Gasteiger partial charge in [0.1, 0.15) is 6.26 Å². The van der Waals surface area contributed by atoms with Gasteiger partial charge in [0.05, 0.1) is 34.0 Å². The van der Waals surface area contributed by atoms with E-state index in [0.29, 0.717) is 29.6 Å².